The molecule has 0 spiro atoms. The van der Waals surface area contributed by atoms with Crippen LogP contribution in [0.1, 0.15) is 11.7 Å². The zero-order chi connectivity index (χ0) is 23.5. The highest BCUT2D eigenvalue weighted by molar-refractivity contribution is 7.20. The number of hydrogen-bond acceptors (Lipinski definition) is 8. The van der Waals surface area contributed by atoms with E-state index in [-0.39, 0.29) is 19.7 Å². The molecule has 1 aliphatic heterocycles. The molecule has 33 heavy (non-hydrogen) atoms. The van der Waals surface area contributed by atoms with Gasteiger partial charge in [-0.15, -0.1) is 11.3 Å². The van der Waals surface area contributed by atoms with E-state index in [4.69, 9.17) is 22.1 Å². The van der Waals surface area contributed by atoms with E-state index in [2.05, 4.69) is 15.3 Å². The van der Waals surface area contributed by atoms with Crippen molar-refractivity contribution in [2.75, 3.05) is 32.1 Å². The van der Waals surface area contributed by atoms with Gasteiger partial charge in [0, 0.05) is 31.8 Å². The number of benzene rings is 1. The Bertz CT molecular complexity index is 1200. The van der Waals surface area contributed by atoms with Gasteiger partial charge in [-0.05, 0) is 23.8 Å². The third-order valence-electron chi connectivity index (χ3n) is 5.32. The Balaban J connectivity index is 1.51. The lowest BCUT2D eigenvalue weighted by molar-refractivity contribution is -0.158. The van der Waals surface area contributed by atoms with Crippen LogP contribution >= 0.6 is 22.9 Å². The summed E-state index contributed by atoms with van der Waals surface area (Å²) in [5.74, 6) is -2.08. The summed E-state index contributed by atoms with van der Waals surface area (Å²) in [5.41, 5.74) is 7.82. The van der Waals surface area contributed by atoms with E-state index in [1.807, 2.05) is 12.1 Å². The summed E-state index contributed by atoms with van der Waals surface area (Å²) >= 11 is 7.00. The van der Waals surface area contributed by atoms with Gasteiger partial charge in [-0.3, -0.25) is 14.4 Å². The predicted molar refractivity (Wildman–Crippen MR) is 124 cm³/mol. The number of fused-ring (bicyclic) bond motifs is 1. The summed E-state index contributed by atoms with van der Waals surface area (Å²) < 4.78 is 5.66. The lowest BCUT2D eigenvalue weighted by Crippen LogP contribution is -2.63. The van der Waals surface area contributed by atoms with E-state index in [1.54, 1.807) is 24.4 Å². The monoisotopic (exact) mass is 488 g/mol. The number of carbonyl (C=O) groups is 3. The first-order valence-corrected chi connectivity index (χ1v) is 11.2. The number of piperazine rings is 1. The van der Waals surface area contributed by atoms with Gasteiger partial charge in [0.15, 0.2) is 0 Å². The molecule has 10 nitrogen and oxygen atoms in total. The lowest BCUT2D eigenvalue weighted by Gasteiger charge is -2.42. The van der Waals surface area contributed by atoms with Crippen molar-refractivity contribution >= 4 is 56.6 Å². The number of methoxy groups -OCH3 is 1. The minimum Gasteiger partial charge on any atom is -0.382 e. The maximum absolute atomic E-state index is 13.3. The summed E-state index contributed by atoms with van der Waals surface area (Å²) in [6.07, 6.45) is 2.38. The van der Waals surface area contributed by atoms with Crippen LogP contribution in [-0.4, -0.2) is 70.3 Å². The van der Waals surface area contributed by atoms with Crippen molar-refractivity contribution in [1.29, 1.82) is 0 Å². The predicted octanol–water partition coefficient (Wildman–Crippen LogP) is 1.63. The van der Waals surface area contributed by atoms with Crippen LogP contribution in [0.25, 0.3) is 10.9 Å². The molecule has 12 heteroatoms. The average molecular weight is 489 g/mol. The van der Waals surface area contributed by atoms with Gasteiger partial charge >= 0.3 is 11.8 Å². The van der Waals surface area contributed by atoms with Crippen molar-refractivity contribution in [1.82, 2.24) is 19.8 Å². The Morgan fingerprint density at radius 2 is 2.15 bits per heavy atom. The van der Waals surface area contributed by atoms with Gasteiger partial charge in [-0.2, -0.15) is 0 Å². The Labute approximate surface area is 198 Å². The Morgan fingerprint density at radius 3 is 2.88 bits per heavy atom. The van der Waals surface area contributed by atoms with Gasteiger partial charge in [0.2, 0.25) is 5.91 Å². The fraction of sp³-hybridized carbons (Fsp3) is 0.286. The van der Waals surface area contributed by atoms with E-state index < -0.39 is 29.9 Å². The summed E-state index contributed by atoms with van der Waals surface area (Å²) in [7, 11) is 1.42. The first kappa shape index (κ1) is 23.1. The number of carbonyl (C=O) groups excluding carboxylic acids is 3. The van der Waals surface area contributed by atoms with Crippen LogP contribution in [0.4, 0.5) is 5.00 Å². The minimum absolute atomic E-state index is 0.0726. The highest BCUT2D eigenvalue weighted by Crippen LogP contribution is 2.27. The van der Waals surface area contributed by atoms with Crippen LogP contribution < -0.4 is 11.1 Å². The highest BCUT2D eigenvalue weighted by atomic mass is 35.5. The fourth-order valence-corrected chi connectivity index (χ4v) is 4.61. The fourth-order valence-electron chi connectivity index (χ4n) is 3.68. The second-order valence-electron chi connectivity index (χ2n) is 7.35. The Morgan fingerprint density at radius 1 is 1.33 bits per heavy atom. The standard InChI is InChI=1S/C21H21ClN6O4S/c1-32-10-15-20(30)28(18(23)12-2-3-13-9-24-11-25-14(13)8-12)7-6-27(15)21(31)19(29)26-17-5-4-16(22)33-17/h2-5,8-9,11,15,18H,6-7,10,23H2,1H3,(H,26,29)/t15-,18?/m0/s1. The van der Waals surface area contributed by atoms with Crippen LogP contribution in [0.3, 0.4) is 0 Å². The third-order valence-corrected chi connectivity index (χ3v) is 6.47. The molecule has 1 unspecified atom stereocenters. The second kappa shape index (κ2) is 9.79. The first-order valence-electron chi connectivity index (χ1n) is 10.0. The van der Waals surface area contributed by atoms with Crippen molar-refractivity contribution < 1.29 is 19.1 Å². The quantitative estimate of drug-likeness (QED) is 0.522. The molecule has 1 aliphatic rings. The number of anilines is 1. The molecular formula is C21H21ClN6O4S. The van der Waals surface area contributed by atoms with Gasteiger partial charge in [0.25, 0.3) is 0 Å². The molecule has 3 heterocycles. The molecule has 0 bridgehead atoms. The van der Waals surface area contributed by atoms with Crippen molar-refractivity contribution in [2.24, 2.45) is 5.73 Å². The molecule has 1 aromatic carbocycles. The Hall–Kier alpha value is -3.12. The first-order chi connectivity index (χ1) is 15.9. The number of nitrogens with two attached hydrogens (primary N) is 1. The molecule has 3 aromatic rings. The van der Waals surface area contributed by atoms with Crippen LogP contribution in [0.15, 0.2) is 42.9 Å². The summed E-state index contributed by atoms with van der Waals surface area (Å²) in [5, 5.41) is 3.81. The number of ether oxygens (including phenoxy) is 1. The molecule has 2 aromatic heterocycles. The number of aromatic nitrogens is 2. The second-order valence-corrected chi connectivity index (χ2v) is 9.06. The number of nitrogens with zero attached hydrogens (tertiary/aromatic N) is 4. The van der Waals surface area contributed by atoms with Crippen molar-refractivity contribution in [3.05, 3.63) is 52.8 Å². The molecular weight excluding hydrogens is 468 g/mol. The van der Waals surface area contributed by atoms with E-state index in [0.717, 1.165) is 16.7 Å². The summed E-state index contributed by atoms with van der Waals surface area (Å²) in [4.78, 5) is 49.5. The molecule has 2 atom stereocenters. The molecule has 0 saturated carbocycles. The van der Waals surface area contributed by atoms with Crippen molar-refractivity contribution in [3.63, 3.8) is 0 Å². The number of amides is 3. The molecule has 0 radical (unpaired) electrons. The number of nitrogens with one attached hydrogen (secondary N) is 1. The normalized spacial score (nSPS) is 17.3. The van der Waals surface area contributed by atoms with E-state index >= 15 is 0 Å². The lowest BCUT2D eigenvalue weighted by atomic mass is 10.1. The van der Waals surface area contributed by atoms with Gasteiger partial charge in [0.1, 0.15) is 18.5 Å². The molecule has 0 aliphatic carbocycles. The van der Waals surface area contributed by atoms with Crippen LogP contribution in [0.5, 0.6) is 0 Å². The highest BCUT2D eigenvalue weighted by Gasteiger charge is 2.41. The van der Waals surface area contributed by atoms with E-state index in [0.29, 0.717) is 20.4 Å². The van der Waals surface area contributed by atoms with Crippen LogP contribution in [0.2, 0.25) is 4.34 Å². The Kier molecular flexibility index (Phi) is 6.84. The molecule has 4 rings (SSSR count). The van der Waals surface area contributed by atoms with Crippen LogP contribution in [0, 0.1) is 0 Å². The van der Waals surface area contributed by atoms with Gasteiger partial charge < -0.3 is 25.6 Å². The third kappa shape index (κ3) is 4.81. The average Bonchev–Trinajstić information content (AvgIpc) is 3.23. The number of hydrogen-bond donors (Lipinski definition) is 2. The van der Waals surface area contributed by atoms with Crippen molar-refractivity contribution in [3.8, 4) is 0 Å². The molecule has 3 N–H and O–H groups in total. The smallest absolute Gasteiger partial charge is 0.314 e. The van der Waals surface area contributed by atoms with E-state index in [1.165, 1.54) is 23.2 Å². The molecule has 3 amide bonds. The number of rotatable bonds is 5. The maximum Gasteiger partial charge on any atom is 0.314 e. The van der Waals surface area contributed by atoms with Gasteiger partial charge in [0.05, 0.1) is 21.5 Å². The summed E-state index contributed by atoms with van der Waals surface area (Å²) in [6.45, 7) is 0.212. The topological polar surface area (TPSA) is 131 Å². The maximum atomic E-state index is 13.3. The number of halogens is 1. The number of thiophene rings is 1. The molecule has 172 valence electrons. The summed E-state index contributed by atoms with van der Waals surface area (Å²) in [6, 6.07) is 7.68. The SMILES string of the molecule is COC[C@H]1C(=O)N(C(N)c2ccc3cncnc3c2)CCN1C(=O)C(=O)Nc1ccc(Cl)s1. The van der Waals surface area contributed by atoms with Crippen LogP contribution in [-0.2, 0) is 19.1 Å². The molecule has 1 saturated heterocycles. The zero-order valence-electron chi connectivity index (χ0n) is 17.6. The molecule has 1 fully saturated rings. The van der Waals surface area contributed by atoms with E-state index in [9.17, 15) is 14.4 Å². The van der Waals surface area contributed by atoms with Gasteiger partial charge in [-0.25, -0.2) is 9.97 Å². The van der Waals surface area contributed by atoms with Crippen molar-refractivity contribution in [2.45, 2.75) is 12.2 Å². The largest absolute Gasteiger partial charge is 0.382 e. The minimum atomic E-state index is -0.984. The van der Waals surface area contributed by atoms with Gasteiger partial charge in [-0.1, -0.05) is 23.7 Å². The zero-order valence-corrected chi connectivity index (χ0v) is 19.2.